The van der Waals surface area contributed by atoms with E-state index in [9.17, 15) is 5.11 Å². The molecule has 4 heterocycles. The van der Waals surface area contributed by atoms with Gasteiger partial charge in [-0.2, -0.15) is 5.10 Å². The van der Waals surface area contributed by atoms with Crippen molar-refractivity contribution in [1.82, 2.24) is 24.6 Å². The van der Waals surface area contributed by atoms with E-state index in [0.717, 1.165) is 52.0 Å². The number of anilines is 3. The third-order valence-corrected chi connectivity index (χ3v) is 6.29. The lowest BCUT2D eigenvalue weighted by molar-refractivity contribution is 0.00340. The number of H-pyrrole nitrogens is 1. The van der Waals surface area contributed by atoms with E-state index in [4.69, 9.17) is 4.98 Å². The van der Waals surface area contributed by atoms with Crippen LogP contribution < -0.4 is 10.2 Å². The SMILES string of the molecule is CCCC1(O)CN(c2ccc(Nc3nc(-c4ccc5cn[nH]c5c4)cn4ccnc34)cc2)C1. The van der Waals surface area contributed by atoms with Gasteiger partial charge in [0.05, 0.1) is 23.0 Å². The maximum absolute atomic E-state index is 10.5. The summed E-state index contributed by atoms with van der Waals surface area (Å²) in [5.74, 6) is 0.691. The molecule has 0 amide bonds. The van der Waals surface area contributed by atoms with Crippen molar-refractivity contribution >= 4 is 33.7 Å². The second-order valence-electron chi connectivity index (χ2n) is 8.81. The van der Waals surface area contributed by atoms with Gasteiger partial charge in [-0.25, -0.2) is 9.97 Å². The first-order chi connectivity index (χ1) is 16.1. The minimum atomic E-state index is -0.540. The average molecular weight is 440 g/mol. The second-order valence-corrected chi connectivity index (χ2v) is 8.81. The van der Waals surface area contributed by atoms with Crippen molar-refractivity contribution in [3.8, 4) is 11.3 Å². The summed E-state index contributed by atoms with van der Waals surface area (Å²) in [4.78, 5) is 11.6. The average Bonchev–Trinajstić information content (AvgIpc) is 3.47. The summed E-state index contributed by atoms with van der Waals surface area (Å²) in [6.07, 6.45) is 9.33. The molecule has 3 aromatic heterocycles. The number of β-amino-alcohol motifs (C(OH)–C–C–N with tert-alkyl or cyclic N) is 1. The number of imidazole rings is 1. The molecule has 0 bridgehead atoms. The van der Waals surface area contributed by atoms with Crippen LogP contribution in [0, 0.1) is 0 Å². The Morgan fingerprint density at radius 3 is 2.82 bits per heavy atom. The standard InChI is InChI=1S/C25H25N7O/c1-2-9-25(33)15-32(16-25)20-7-5-19(6-8-20)28-23-24-26-10-11-31(24)14-22(29-23)17-3-4-18-13-27-30-21(18)12-17/h3-8,10-14,33H,2,9,15-16H2,1H3,(H,27,30)(H,28,29). The lowest BCUT2D eigenvalue weighted by Crippen LogP contribution is -2.61. The quantitative estimate of drug-likeness (QED) is 0.364. The van der Waals surface area contributed by atoms with Crippen molar-refractivity contribution in [2.45, 2.75) is 25.4 Å². The van der Waals surface area contributed by atoms with Crippen LogP contribution in [0.1, 0.15) is 19.8 Å². The van der Waals surface area contributed by atoms with Crippen LogP contribution in [0.2, 0.25) is 0 Å². The molecule has 166 valence electrons. The molecule has 0 radical (unpaired) electrons. The molecule has 33 heavy (non-hydrogen) atoms. The Hall–Kier alpha value is -3.91. The highest BCUT2D eigenvalue weighted by atomic mass is 16.3. The number of aliphatic hydroxyl groups is 1. The molecule has 1 fully saturated rings. The van der Waals surface area contributed by atoms with Gasteiger partial charge in [-0.3, -0.25) is 5.10 Å². The number of benzene rings is 2. The maximum Gasteiger partial charge on any atom is 0.180 e. The van der Waals surface area contributed by atoms with Crippen molar-refractivity contribution in [3.05, 3.63) is 67.3 Å². The zero-order valence-corrected chi connectivity index (χ0v) is 18.4. The van der Waals surface area contributed by atoms with E-state index in [-0.39, 0.29) is 0 Å². The van der Waals surface area contributed by atoms with Crippen LogP contribution >= 0.6 is 0 Å². The van der Waals surface area contributed by atoms with Gasteiger partial charge in [0.2, 0.25) is 0 Å². The van der Waals surface area contributed by atoms with Crippen LogP contribution in [0.4, 0.5) is 17.2 Å². The van der Waals surface area contributed by atoms with Gasteiger partial charge in [0, 0.05) is 54.0 Å². The van der Waals surface area contributed by atoms with E-state index >= 15 is 0 Å². The number of nitrogens with one attached hydrogen (secondary N) is 2. The summed E-state index contributed by atoms with van der Waals surface area (Å²) < 4.78 is 1.98. The van der Waals surface area contributed by atoms with Crippen LogP contribution in [-0.4, -0.2) is 48.4 Å². The van der Waals surface area contributed by atoms with Gasteiger partial charge in [0.1, 0.15) is 0 Å². The molecule has 0 unspecified atom stereocenters. The number of hydrogen-bond donors (Lipinski definition) is 3. The minimum Gasteiger partial charge on any atom is -0.386 e. The Morgan fingerprint density at radius 1 is 1.15 bits per heavy atom. The molecule has 1 aliphatic heterocycles. The van der Waals surface area contributed by atoms with Crippen molar-refractivity contribution in [1.29, 1.82) is 0 Å². The Kier molecular flexibility index (Phi) is 4.55. The molecular weight excluding hydrogens is 414 g/mol. The monoisotopic (exact) mass is 439 g/mol. The summed E-state index contributed by atoms with van der Waals surface area (Å²) in [5, 5.41) is 22.1. The van der Waals surface area contributed by atoms with Gasteiger partial charge in [-0.15, -0.1) is 0 Å². The molecule has 3 N–H and O–H groups in total. The fourth-order valence-electron chi connectivity index (χ4n) is 4.61. The number of rotatable bonds is 6. The van der Waals surface area contributed by atoms with Crippen molar-refractivity contribution in [2.75, 3.05) is 23.3 Å². The smallest absolute Gasteiger partial charge is 0.180 e. The molecule has 8 heteroatoms. The van der Waals surface area contributed by atoms with Gasteiger partial charge in [-0.1, -0.05) is 25.5 Å². The summed E-state index contributed by atoms with van der Waals surface area (Å²) in [6.45, 7) is 3.48. The molecule has 0 spiro atoms. The van der Waals surface area contributed by atoms with Crippen LogP contribution in [0.5, 0.6) is 0 Å². The fourth-order valence-corrected chi connectivity index (χ4v) is 4.61. The zero-order valence-electron chi connectivity index (χ0n) is 18.4. The Morgan fingerprint density at radius 2 is 2.00 bits per heavy atom. The van der Waals surface area contributed by atoms with E-state index in [1.165, 1.54) is 0 Å². The molecule has 0 atom stereocenters. The third kappa shape index (κ3) is 3.58. The highest BCUT2D eigenvalue weighted by molar-refractivity contribution is 5.84. The van der Waals surface area contributed by atoms with E-state index in [1.54, 1.807) is 6.20 Å². The molecule has 8 nitrogen and oxygen atoms in total. The number of fused-ring (bicyclic) bond motifs is 2. The van der Waals surface area contributed by atoms with Crippen LogP contribution in [0.25, 0.3) is 27.8 Å². The predicted octanol–water partition coefficient (Wildman–Crippen LogP) is 4.37. The first-order valence-electron chi connectivity index (χ1n) is 11.2. The van der Waals surface area contributed by atoms with E-state index in [1.807, 2.05) is 47.3 Å². The normalized spacial score (nSPS) is 15.2. The third-order valence-electron chi connectivity index (χ3n) is 6.29. The lowest BCUT2D eigenvalue weighted by atomic mass is 9.89. The van der Waals surface area contributed by atoms with E-state index in [0.29, 0.717) is 18.9 Å². The number of aromatic amines is 1. The molecule has 1 saturated heterocycles. The van der Waals surface area contributed by atoms with Crippen LogP contribution in [0.15, 0.2) is 67.3 Å². The number of hydrogen-bond acceptors (Lipinski definition) is 6. The highest BCUT2D eigenvalue weighted by Crippen LogP contribution is 2.32. The predicted molar refractivity (Wildman–Crippen MR) is 130 cm³/mol. The second kappa shape index (κ2) is 7.60. The Labute approximate surface area is 190 Å². The molecule has 0 saturated carbocycles. The molecule has 1 aliphatic rings. The van der Waals surface area contributed by atoms with Gasteiger partial charge in [0.25, 0.3) is 0 Å². The summed E-state index contributed by atoms with van der Waals surface area (Å²) in [6, 6.07) is 14.4. The van der Waals surface area contributed by atoms with Crippen LogP contribution in [0.3, 0.4) is 0 Å². The van der Waals surface area contributed by atoms with E-state index in [2.05, 4.69) is 50.5 Å². The van der Waals surface area contributed by atoms with Crippen molar-refractivity contribution in [3.63, 3.8) is 0 Å². The number of aromatic nitrogens is 5. The van der Waals surface area contributed by atoms with Crippen molar-refractivity contribution in [2.24, 2.45) is 0 Å². The first-order valence-corrected chi connectivity index (χ1v) is 11.2. The summed E-state index contributed by atoms with van der Waals surface area (Å²) in [5.41, 5.74) is 5.08. The molecular formula is C25H25N7O. The highest BCUT2D eigenvalue weighted by Gasteiger charge is 2.40. The largest absolute Gasteiger partial charge is 0.386 e. The van der Waals surface area contributed by atoms with Gasteiger partial charge in [0.15, 0.2) is 11.5 Å². The summed E-state index contributed by atoms with van der Waals surface area (Å²) >= 11 is 0. The topological polar surface area (TPSA) is 94.4 Å². The van der Waals surface area contributed by atoms with Crippen LogP contribution in [-0.2, 0) is 0 Å². The zero-order chi connectivity index (χ0) is 22.4. The minimum absolute atomic E-state index is 0.540. The molecule has 5 aromatic rings. The summed E-state index contributed by atoms with van der Waals surface area (Å²) in [7, 11) is 0. The Bertz CT molecular complexity index is 1430. The first kappa shape index (κ1) is 19.8. The van der Waals surface area contributed by atoms with Crippen molar-refractivity contribution < 1.29 is 5.11 Å². The Balaban J connectivity index is 1.27. The fraction of sp³-hybridized carbons (Fsp3) is 0.240. The van der Waals surface area contributed by atoms with Gasteiger partial charge < -0.3 is 19.7 Å². The van der Waals surface area contributed by atoms with Gasteiger partial charge >= 0.3 is 0 Å². The molecule has 2 aromatic carbocycles. The lowest BCUT2D eigenvalue weighted by Gasteiger charge is -2.48. The maximum atomic E-state index is 10.5. The molecule has 0 aliphatic carbocycles. The number of nitrogens with zero attached hydrogens (tertiary/aromatic N) is 5. The van der Waals surface area contributed by atoms with E-state index < -0.39 is 5.60 Å². The van der Waals surface area contributed by atoms with Gasteiger partial charge in [-0.05, 0) is 36.8 Å². The molecule has 6 rings (SSSR count).